The number of carbonyl (C=O) groups excluding carboxylic acids is 5. The van der Waals surface area contributed by atoms with Gasteiger partial charge in [0.05, 0.1) is 12.6 Å². The number of phenolic OH excluding ortho intramolecular Hbond substituents is 1. The van der Waals surface area contributed by atoms with E-state index in [-0.39, 0.29) is 53.6 Å². The van der Waals surface area contributed by atoms with Crippen molar-refractivity contribution in [2.45, 2.75) is 127 Å². The molecule has 5 amide bonds. The summed E-state index contributed by atoms with van der Waals surface area (Å²) < 4.78 is 6.11. The van der Waals surface area contributed by atoms with Crippen molar-refractivity contribution >= 4 is 53.1 Å². The third-order valence-corrected chi connectivity index (χ3v) is 15.4. The van der Waals surface area contributed by atoms with Gasteiger partial charge in [-0.05, 0) is 128 Å². The number of likely N-dealkylation sites (N-methyl/N-ethyl adjacent to an activating group) is 2. The molecule has 14 heteroatoms. The van der Waals surface area contributed by atoms with Crippen molar-refractivity contribution in [2.75, 3.05) is 40.3 Å². The van der Waals surface area contributed by atoms with Gasteiger partial charge in [-0.15, -0.1) is 12.4 Å². The largest absolute Gasteiger partial charge is 0.508 e. The summed E-state index contributed by atoms with van der Waals surface area (Å²) in [5.41, 5.74) is 7.22. The van der Waals surface area contributed by atoms with Crippen LogP contribution in [0.25, 0.3) is 11.1 Å². The molecule has 0 radical (unpaired) electrons. The lowest BCUT2D eigenvalue weighted by molar-refractivity contribution is -0.143. The molecular formula is C64H81ClN6O7. The number of allylic oxidation sites excluding steroid dienone is 1. The summed E-state index contributed by atoms with van der Waals surface area (Å²) in [5, 5.41) is 22.3. The van der Waals surface area contributed by atoms with Gasteiger partial charge in [-0.1, -0.05) is 154 Å². The average molecular weight is 1080 g/mol. The Bertz CT molecular complexity index is 2660. The topological polar surface area (TPSA) is 169 Å². The zero-order valence-electron chi connectivity index (χ0n) is 46.0. The molecule has 416 valence electrons. The lowest BCUT2D eigenvalue weighted by atomic mass is 9.83. The number of halogens is 1. The van der Waals surface area contributed by atoms with Gasteiger partial charge < -0.3 is 40.9 Å². The van der Waals surface area contributed by atoms with E-state index in [4.69, 9.17) is 4.74 Å². The number of carbonyl (C=O) groups is 5. The van der Waals surface area contributed by atoms with E-state index in [9.17, 15) is 29.1 Å². The van der Waals surface area contributed by atoms with Crippen molar-refractivity contribution < 1.29 is 33.8 Å². The van der Waals surface area contributed by atoms with Gasteiger partial charge in [-0.25, -0.2) is 0 Å². The van der Waals surface area contributed by atoms with Gasteiger partial charge in [0.1, 0.15) is 36.2 Å². The maximum absolute atomic E-state index is 14.6. The highest BCUT2D eigenvalue weighted by atomic mass is 35.5. The second kappa shape index (κ2) is 30.8. The third-order valence-electron chi connectivity index (χ3n) is 15.4. The van der Waals surface area contributed by atoms with Crippen LogP contribution in [-0.2, 0) is 24.0 Å². The summed E-state index contributed by atoms with van der Waals surface area (Å²) in [6, 6.07) is 42.1. The van der Waals surface area contributed by atoms with E-state index in [2.05, 4.69) is 52.5 Å². The molecular weight excluding hydrogens is 1000 g/mol. The Morgan fingerprint density at radius 2 is 1.28 bits per heavy atom. The van der Waals surface area contributed by atoms with Crippen LogP contribution in [0.1, 0.15) is 131 Å². The first-order valence-corrected chi connectivity index (χ1v) is 28.0. The molecule has 1 heterocycles. The summed E-state index contributed by atoms with van der Waals surface area (Å²) in [7, 11) is 3.51. The lowest BCUT2D eigenvalue weighted by Gasteiger charge is -2.36. The number of hydrogen-bond donors (Lipinski definition) is 5. The predicted octanol–water partition coefficient (Wildman–Crippen LogP) is 10.1. The molecule has 5 N–H and O–H groups in total. The van der Waals surface area contributed by atoms with E-state index in [1.165, 1.54) is 5.57 Å². The Morgan fingerprint density at radius 3 is 1.88 bits per heavy atom. The Kier molecular flexibility index (Phi) is 23.8. The van der Waals surface area contributed by atoms with Crippen LogP contribution in [0, 0.1) is 5.92 Å². The van der Waals surface area contributed by atoms with Gasteiger partial charge in [0.25, 0.3) is 0 Å². The zero-order chi connectivity index (χ0) is 54.5. The molecule has 1 aliphatic heterocycles. The predicted molar refractivity (Wildman–Crippen MR) is 312 cm³/mol. The minimum atomic E-state index is -0.993. The van der Waals surface area contributed by atoms with Crippen molar-refractivity contribution in [3.05, 3.63) is 167 Å². The normalized spacial score (nSPS) is 16.0. The number of amides is 5. The van der Waals surface area contributed by atoms with E-state index < -0.39 is 30.1 Å². The number of benzene rings is 5. The van der Waals surface area contributed by atoms with Gasteiger partial charge in [0.2, 0.25) is 29.5 Å². The smallest absolute Gasteiger partial charge is 0.246 e. The monoisotopic (exact) mass is 1080 g/mol. The molecule has 7 rings (SSSR count). The summed E-state index contributed by atoms with van der Waals surface area (Å²) in [5.74, 6) is -0.768. The first-order chi connectivity index (χ1) is 37.5. The van der Waals surface area contributed by atoms with Crippen molar-refractivity contribution in [3.63, 3.8) is 0 Å². The Hall–Kier alpha value is -6.96. The van der Waals surface area contributed by atoms with E-state index in [1.807, 2.05) is 103 Å². The molecule has 78 heavy (non-hydrogen) atoms. The number of phenols is 1. The molecule has 5 aromatic carbocycles. The van der Waals surface area contributed by atoms with Crippen molar-refractivity contribution in [1.29, 1.82) is 0 Å². The van der Waals surface area contributed by atoms with Crippen molar-refractivity contribution in [3.8, 4) is 11.5 Å². The van der Waals surface area contributed by atoms with Crippen molar-refractivity contribution in [2.24, 2.45) is 5.92 Å². The van der Waals surface area contributed by atoms with Crippen LogP contribution in [0.3, 0.4) is 0 Å². The van der Waals surface area contributed by atoms with Crippen LogP contribution < -0.4 is 26.0 Å². The molecule has 2 fully saturated rings. The molecule has 0 spiro atoms. The maximum atomic E-state index is 14.6. The highest BCUT2D eigenvalue weighted by Crippen LogP contribution is 2.36. The molecule has 0 aromatic heterocycles. The fraction of sp³-hybridized carbons (Fsp3) is 0.422. The summed E-state index contributed by atoms with van der Waals surface area (Å²) in [6.45, 7) is 5.47. The van der Waals surface area contributed by atoms with Gasteiger partial charge in [-0.2, -0.15) is 0 Å². The summed E-state index contributed by atoms with van der Waals surface area (Å²) in [4.78, 5) is 73.4. The standard InChI is InChI=1S/C64H80N6O7.ClH/c1-5-54(46-23-12-8-13-24-46)57(49-33-37-52(71)38-34-49)50-35-39-53(40-36-50)77-44-43-69(4)56(72)32-20-6-7-21-41-66-63(75)60(58(47-25-14-9-15-26-47)48-27-16-10-17-28-48)68-62(74)55-31-22-42-70(55)64(76)59(51-29-18-11-19-30-51)67-61(73)45(2)65-3;/h8-10,12-17,23-28,33-40,45,51,55,58-60,65,71H,5-7,11,18-22,29-32,41-44H2,1-4H3,(H,66,75)(H,67,73)(H,68,74);1H/t45-,55+,59-,60-;/m0./s1. The molecule has 2 aliphatic rings. The number of nitrogens with zero attached hydrogens (tertiary/aromatic N) is 2. The van der Waals surface area contributed by atoms with Gasteiger partial charge in [0.15, 0.2) is 0 Å². The highest BCUT2D eigenvalue weighted by molar-refractivity contribution is 5.99. The van der Waals surface area contributed by atoms with E-state index in [0.717, 1.165) is 84.8 Å². The van der Waals surface area contributed by atoms with Crippen LogP contribution in [0.15, 0.2) is 140 Å². The number of likely N-dealkylation sites (tertiary alicyclic amines) is 1. The zero-order valence-corrected chi connectivity index (χ0v) is 46.8. The number of nitrogens with one attached hydrogen (secondary N) is 4. The Balaban J connectivity index is 0.00000984. The molecule has 1 saturated carbocycles. The maximum Gasteiger partial charge on any atom is 0.246 e. The summed E-state index contributed by atoms with van der Waals surface area (Å²) in [6.07, 6.45) is 10.0. The number of rotatable bonds is 26. The molecule has 5 aromatic rings. The van der Waals surface area contributed by atoms with E-state index >= 15 is 0 Å². The molecule has 13 nitrogen and oxygen atoms in total. The second-order valence-corrected chi connectivity index (χ2v) is 20.6. The Morgan fingerprint density at radius 1 is 0.692 bits per heavy atom. The van der Waals surface area contributed by atoms with Crippen molar-refractivity contribution in [1.82, 2.24) is 31.1 Å². The molecule has 0 unspecified atom stereocenters. The minimum absolute atomic E-state index is 0. The van der Waals surface area contributed by atoms with Gasteiger partial charge >= 0.3 is 0 Å². The first kappa shape index (κ1) is 60.3. The van der Waals surface area contributed by atoms with Crippen LogP contribution in [0.4, 0.5) is 0 Å². The van der Waals surface area contributed by atoms with Crippen LogP contribution in [-0.4, -0.2) is 109 Å². The van der Waals surface area contributed by atoms with Crippen LogP contribution in [0.5, 0.6) is 11.5 Å². The molecule has 1 aliphatic carbocycles. The van der Waals surface area contributed by atoms with E-state index in [0.29, 0.717) is 64.1 Å². The quantitative estimate of drug-likeness (QED) is 0.0269. The molecule has 1 saturated heterocycles. The SMILES string of the molecule is CCC(=C(c1ccc(O)cc1)c1ccc(OCCN(C)C(=O)CCCCCCNC(=O)[C@@H](NC(=O)[C@H]2CCCN2C(=O)[C@@H](NC(=O)[C@H](C)NC)C2CCCCC2)C(c2ccccc2)c2ccccc2)cc1)c1ccccc1.Cl. The third kappa shape index (κ3) is 16.5. The molecule has 0 bridgehead atoms. The van der Waals surface area contributed by atoms with Gasteiger partial charge in [0, 0.05) is 32.5 Å². The van der Waals surface area contributed by atoms with E-state index in [1.54, 1.807) is 43.0 Å². The first-order valence-electron chi connectivity index (χ1n) is 28.0. The number of unbranched alkanes of at least 4 members (excludes halogenated alkanes) is 3. The average Bonchev–Trinajstić information content (AvgIpc) is 4.00. The fourth-order valence-electron chi connectivity index (χ4n) is 10.9. The molecule has 4 atom stereocenters. The Labute approximate surface area is 468 Å². The number of hydrogen-bond acceptors (Lipinski definition) is 8. The lowest BCUT2D eigenvalue weighted by Crippen LogP contribution is -2.59. The van der Waals surface area contributed by atoms with Crippen LogP contribution in [0.2, 0.25) is 0 Å². The van der Waals surface area contributed by atoms with Gasteiger partial charge in [-0.3, -0.25) is 24.0 Å². The number of ether oxygens (including phenoxy) is 1. The minimum Gasteiger partial charge on any atom is -0.508 e. The summed E-state index contributed by atoms with van der Waals surface area (Å²) >= 11 is 0. The number of aromatic hydroxyl groups is 1. The van der Waals surface area contributed by atoms with Crippen LogP contribution >= 0.6 is 12.4 Å². The highest BCUT2D eigenvalue weighted by Gasteiger charge is 2.43. The fourth-order valence-corrected chi connectivity index (χ4v) is 10.9. The second-order valence-electron chi connectivity index (χ2n) is 20.6.